The fraction of sp³-hybridized carbons (Fsp3) is 0.545. The molecule has 1 nitrogen and oxygen atoms in total. The molecule has 0 aliphatic rings. The molecule has 0 aliphatic carbocycles. The molecule has 0 aromatic carbocycles. The Hall–Kier alpha value is -1.34. The highest BCUT2D eigenvalue weighted by molar-refractivity contribution is 4.99. The normalized spacial score (nSPS) is 14.4. The summed E-state index contributed by atoms with van der Waals surface area (Å²) in [6, 6.07) is 0. The van der Waals surface area contributed by atoms with Crippen LogP contribution in [0.1, 0.15) is 65.2 Å². The molecule has 0 rings (SSSR count). The van der Waals surface area contributed by atoms with Crippen molar-refractivity contribution in [2.75, 3.05) is 6.61 Å². The maximum atomic E-state index is 9.09. The van der Waals surface area contributed by atoms with Crippen LogP contribution < -0.4 is 0 Å². The summed E-state index contributed by atoms with van der Waals surface area (Å²) in [5, 5.41) is 9.09. The van der Waals surface area contributed by atoms with Gasteiger partial charge in [0.1, 0.15) is 0 Å². The van der Waals surface area contributed by atoms with E-state index in [9.17, 15) is 0 Å². The van der Waals surface area contributed by atoms with E-state index in [4.69, 9.17) is 5.11 Å². The molecule has 0 spiro atoms. The number of hydrogen-bond acceptors (Lipinski definition) is 1. The van der Waals surface area contributed by atoms with Crippen LogP contribution in [-0.2, 0) is 0 Å². The quantitative estimate of drug-likeness (QED) is 0.285. The summed E-state index contributed by atoms with van der Waals surface area (Å²) in [4.78, 5) is 0. The van der Waals surface area contributed by atoms with E-state index in [1.54, 1.807) is 0 Å². The first-order valence-electron chi connectivity index (χ1n) is 9.20. The van der Waals surface area contributed by atoms with Crippen LogP contribution in [0.4, 0.5) is 0 Å². The first-order valence-corrected chi connectivity index (χ1v) is 9.20. The van der Waals surface area contributed by atoms with Crippen LogP contribution in [0.5, 0.6) is 0 Å². The highest BCUT2D eigenvalue weighted by atomic mass is 16.3. The van der Waals surface area contributed by atoms with E-state index in [0.29, 0.717) is 12.5 Å². The van der Waals surface area contributed by atoms with E-state index >= 15 is 0 Å². The van der Waals surface area contributed by atoms with Gasteiger partial charge in [-0.2, -0.15) is 0 Å². The molecule has 1 atom stereocenters. The first-order chi connectivity index (χ1) is 11.3. The lowest BCUT2D eigenvalue weighted by atomic mass is 10.0. The maximum absolute atomic E-state index is 9.09. The van der Waals surface area contributed by atoms with Crippen LogP contribution in [0.2, 0.25) is 0 Å². The molecule has 0 aromatic heterocycles. The van der Waals surface area contributed by atoms with Gasteiger partial charge >= 0.3 is 0 Å². The molecular weight excluding hydrogens is 280 g/mol. The summed E-state index contributed by atoms with van der Waals surface area (Å²) in [7, 11) is 0. The van der Waals surface area contributed by atoms with Crippen molar-refractivity contribution in [2.45, 2.75) is 65.2 Å². The molecule has 1 heteroatoms. The Morgan fingerprint density at radius 3 is 1.61 bits per heavy atom. The molecule has 0 heterocycles. The monoisotopic (exact) mass is 316 g/mol. The summed E-state index contributed by atoms with van der Waals surface area (Å²) >= 11 is 0. The van der Waals surface area contributed by atoms with Crippen LogP contribution in [0, 0.1) is 5.92 Å². The Bertz CT molecular complexity index is 367. The largest absolute Gasteiger partial charge is 0.396 e. The summed E-state index contributed by atoms with van der Waals surface area (Å²) in [5.41, 5.74) is 0. The topological polar surface area (TPSA) is 20.2 Å². The van der Waals surface area contributed by atoms with Gasteiger partial charge < -0.3 is 5.11 Å². The fourth-order valence-corrected chi connectivity index (χ4v) is 2.07. The van der Waals surface area contributed by atoms with Crippen molar-refractivity contribution < 1.29 is 5.11 Å². The summed E-state index contributed by atoms with van der Waals surface area (Å²) in [6.07, 6.45) is 30.7. The predicted molar refractivity (Wildman–Crippen MR) is 105 cm³/mol. The van der Waals surface area contributed by atoms with Crippen molar-refractivity contribution in [1.82, 2.24) is 0 Å². The zero-order valence-electron chi connectivity index (χ0n) is 15.2. The lowest BCUT2D eigenvalue weighted by Crippen LogP contribution is -2.02. The molecule has 0 fully saturated rings. The Morgan fingerprint density at radius 2 is 1.13 bits per heavy atom. The molecule has 0 saturated heterocycles. The van der Waals surface area contributed by atoms with Crippen LogP contribution in [-0.4, -0.2) is 11.7 Å². The van der Waals surface area contributed by atoms with Crippen LogP contribution in [0.3, 0.4) is 0 Å². The lowest BCUT2D eigenvalue weighted by Gasteiger charge is -2.06. The number of aliphatic hydroxyl groups is 1. The molecule has 0 saturated carbocycles. The van der Waals surface area contributed by atoms with Gasteiger partial charge in [0.25, 0.3) is 0 Å². The standard InChI is InChI=1S/C22H36O/c1-3-5-6-7-8-9-10-11-12-13-14-15-16-17-18-19-20-22(4-2)21-23/h5-6,8-9,11-12,14-15,18-19,22-23H,3-4,7,10,13,16-17,20-21H2,1-2H3. The third-order valence-electron chi connectivity index (χ3n) is 3.69. The first kappa shape index (κ1) is 21.7. The number of hydrogen-bond donors (Lipinski definition) is 1. The van der Waals surface area contributed by atoms with Crippen LogP contribution in [0.15, 0.2) is 60.8 Å². The van der Waals surface area contributed by atoms with Gasteiger partial charge in [0.05, 0.1) is 0 Å². The number of rotatable bonds is 14. The van der Waals surface area contributed by atoms with Crippen LogP contribution in [0.25, 0.3) is 0 Å². The Kier molecular flexibility index (Phi) is 17.6. The Labute approximate surface area is 144 Å². The van der Waals surface area contributed by atoms with Gasteiger partial charge in [0, 0.05) is 6.61 Å². The minimum absolute atomic E-state index is 0.303. The minimum atomic E-state index is 0.303. The van der Waals surface area contributed by atoms with Crippen molar-refractivity contribution >= 4 is 0 Å². The summed E-state index contributed by atoms with van der Waals surface area (Å²) in [5.74, 6) is 0.434. The highest BCUT2D eigenvalue weighted by Gasteiger charge is 1.99. The SMILES string of the molecule is CCC=CCC=CCC=CCC=CCCC=CCC(CC)CO. The summed E-state index contributed by atoms with van der Waals surface area (Å²) < 4.78 is 0. The van der Waals surface area contributed by atoms with Crippen LogP contribution >= 0.6 is 0 Å². The lowest BCUT2D eigenvalue weighted by molar-refractivity contribution is 0.224. The van der Waals surface area contributed by atoms with Crippen molar-refractivity contribution in [3.05, 3.63) is 60.8 Å². The van der Waals surface area contributed by atoms with Gasteiger partial charge in [0.2, 0.25) is 0 Å². The van der Waals surface area contributed by atoms with Gasteiger partial charge in [-0.15, -0.1) is 0 Å². The molecule has 0 radical (unpaired) electrons. The van der Waals surface area contributed by atoms with Gasteiger partial charge in [-0.25, -0.2) is 0 Å². The van der Waals surface area contributed by atoms with Crippen molar-refractivity contribution in [1.29, 1.82) is 0 Å². The van der Waals surface area contributed by atoms with Crippen molar-refractivity contribution in [2.24, 2.45) is 5.92 Å². The molecular formula is C22H36O. The van der Waals surface area contributed by atoms with Crippen molar-refractivity contribution in [3.63, 3.8) is 0 Å². The summed E-state index contributed by atoms with van der Waals surface area (Å²) in [6.45, 7) is 4.59. The number of aliphatic hydroxyl groups excluding tert-OH is 1. The molecule has 0 aromatic rings. The molecule has 1 unspecified atom stereocenters. The second kappa shape index (κ2) is 18.7. The smallest absolute Gasteiger partial charge is 0.0462 e. The molecule has 1 N–H and O–H groups in total. The molecule has 23 heavy (non-hydrogen) atoms. The second-order valence-electron chi connectivity index (χ2n) is 5.74. The van der Waals surface area contributed by atoms with Gasteiger partial charge in [-0.05, 0) is 50.9 Å². The average Bonchev–Trinajstić information content (AvgIpc) is 2.58. The average molecular weight is 317 g/mol. The number of allylic oxidation sites excluding steroid dienone is 10. The van der Waals surface area contributed by atoms with E-state index in [0.717, 1.165) is 51.4 Å². The molecule has 130 valence electrons. The predicted octanol–water partition coefficient (Wildman–Crippen LogP) is 6.54. The fourth-order valence-electron chi connectivity index (χ4n) is 2.07. The van der Waals surface area contributed by atoms with E-state index in [2.05, 4.69) is 74.6 Å². The van der Waals surface area contributed by atoms with E-state index in [1.807, 2.05) is 0 Å². The van der Waals surface area contributed by atoms with Gasteiger partial charge in [-0.1, -0.05) is 81.0 Å². The zero-order chi connectivity index (χ0) is 17.0. The third kappa shape index (κ3) is 16.9. The van der Waals surface area contributed by atoms with E-state index in [-0.39, 0.29) is 0 Å². The van der Waals surface area contributed by atoms with Crippen molar-refractivity contribution in [3.8, 4) is 0 Å². The van der Waals surface area contributed by atoms with Gasteiger partial charge in [-0.3, -0.25) is 0 Å². The molecule has 0 aliphatic heterocycles. The highest BCUT2D eigenvalue weighted by Crippen LogP contribution is 2.08. The maximum Gasteiger partial charge on any atom is 0.0462 e. The molecule has 0 bridgehead atoms. The van der Waals surface area contributed by atoms with E-state index in [1.165, 1.54) is 0 Å². The Morgan fingerprint density at radius 1 is 0.652 bits per heavy atom. The molecule has 0 amide bonds. The van der Waals surface area contributed by atoms with E-state index < -0.39 is 0 Å². The second-order valence-corrected chi connectivity index (χ2v) is 5.74. The Balaban J connectivity index is 3.51. The number of unbranched alkanes of at least 4 members (excludes halogenated alkanes) is 1. The minimum Gasteiger partial charge on any atom is -0.396 e. The zero-order valence-corrected chi connectivity index (χ0v) is 15.2. The van der Waals surface area contributed by atoms with Gasteiger partial charge in [0.15, 0.2) is 0 Å². The third-order valence-corrected chi connectivity index (χ3v) is 3.69.